The van der Waals surface area contributed by atoms with Crippen molar-refractivity contribution in [3.63, 3.8) is 0 Å². The third-order valence-electron chi connectivity index (χ3n) is 12.5. The Morgan fingerprint density at radius 2 is 0.862 bits per heavy atom. The van der Waals surface area contributed by atoms with Crippen LogP contribution in [-0.4, -0.2) is 87.5 Å². The third-order valence-corrected chi connectivity index (χ3v) is 12.5. The first-order chi connectivity index (χ1) is 28.3. The molecule has 0 aromatic rings. The first-order valence-electron chi connectivity index (χ1n) is 25.2. The van der Waals surface area contributed by atoms with Crippen molar-refractivity contribution in [1.82, 2.24) is 5.32 Å². The molecule has 0 aromatic heterocycles. The smallest absolute Gasteiger partial charge is 0.220 e. The lowest BCUT2D eigenvalue weighted by atomic mass is 9.99. The largest absolute Gasteiger partial charge is 0.394 e. The molecule has 0 bridgehead atoms. The molecular weight excluding hydrogens is 731 g/mol. The standard InChI is InChI=1S/C49H97NO8/c1-3-5-7-9-11-13-15-17-19-21-22-23-25-27-29-31-33-35-37-39-45(53)50-42(41-57-49-48(56)47(55)46(54)44(40-51)58-49)43(52)38-36-34-32-30-28-26-24-20-18-16-14-12-10-8-6-4-2/h42-44,46-49,51-52,54-56H,3-41H2,1-2H3,(H,50,53). The maximum absolute atomic E-state index is 13.0. The van der Waals surface area contributed by atoms with E-state index >= 15 is 0 Å². The molecule has 0 spiro atoms. The van der Waals surface area contributed by atoms with Gasteiger partial charge in [-0.25, -0.2) is 0 Å². The van der Waals surface area contributed by atoms with Crippen LogP contribution in [-0.2, 0) is 14.3 Å². The Labute approximate surface area is 357 Å². The van der Waals surface area contributed by atoms with Gasteiger partial charge in [-0.2, -0.15) is 0 Å². The number of nitrogens with one attached hydrogen (secondary N) is 1. The zero-order chi connectivity index (χ0) is 42.3. The summed E-state index contributed by atoms with van der Waals surface area (Å²) in [7, 11) is 0. The first kappa shape index (κ1) is 55.2. The minimum Gasteiger partial charge on any atom is -0.394 e. The van der Waals surface area contributed by atoms with Gasteiger partial charge >= 0.3 is 0 Å². The van der Waals surface area contributed by atoms with Gasteiger partial charge in [0.2, 0.25) is 5.91 Å². The second kappa shape index (κ2) is 40.3. The number of hydrogen-bond donors (Lipinski definition) is 6. The van der Waals surface area contributed by atoms with E-state index < -0.39 is 49.5 Å². The first-order valence-corrected chi connectivity index (χ1v) is 25.2. The van der Waals surface area contributed by atoms with Gasteiger partial charge in [-0.05, 0) is 12.8 Å². The highest BCUT2D eigenvalue weighted by Crippen LogP contribution is 2.23. The minimum atomic E-state index is -1.55. The number of unbranched alkanes of at least 4 members (excludes halogenated alkanes) is 33. The monoisotopic (exact) mass is 828 g/mol. The Hall–Kier alpha value is -0.810. The van der Waals surface area contributed by atoms with E-state index in [1.165, 1.54) is 186 Å². The molecule has 1 aliphatic rings. The van der Waals surface area contributed by atoms with Gasteiger partial charge in [-0.3, -0.25) is 4.79 Å². The molecule has 9 heteroatoms. The average Bonchev–Trinajstić information content (AvgIpc) is 3.22. The molecule has 346 valence electrons. The van der Waals surface area contributed by atoms with E-state index in [2.05, 4.69) is 19.2 Å². The molecule has 0 aromatic carbocycles. The number of aliphatic hydroxyl groups excluding tert-OH is 5. The van der Waals surface area contributed by atoms with Crippen LogP contribution in [0.5, 0.6) is 0 Å². The van der Waals surface area contributed by atoms with Crippen LogP contribution < -0.4 is 5.32 Å². The maximum Gasteiger partial charge on any atom is 0.220 e. The summed E-state index contributed by atoms with van der Waals surface area (Å²) >= 11 is 0. The molecule has 1 saturated heterocycles. The van der Waals surface area contributed by atoms with Crippen molar-refractivity contribution in [3.8, 4) is 0 Å². The molecule has 1 rings (SSSR count). The summed E-state index contributed by atoms with van der Waals surface area (Å²) in [6.07, 6.45) is 38.2. The molecule has 1 amide bonds. The fraction of sp³-hybridized carbons (Fsp3) is 0.980. The quantitative estimate of drug-likeness (QED) is 0.0333. The molecule has 1 heterocycles. The molecule has 0 radical (unpaired) electrons. The second-order valence-electron chi connectivity index (χ2n) is 18.0. The number of carbonyl (C=O) groups is 1. The van der Waals surface area contributed by atoms with Crippen LogP contribution in [0.3, 0.4) is 0 Å². The zero-order valence-corrected chi connectivity index (χ0v) is 38.1. The van der Waals surface area contributed by atoms with E-state index in [1.807, 2.05) is 0 Å². The van der Waals surface area contributed by atoms with E-state index in [0.717, 1.165) is 38.5 Å². The number of hydrogen-bond acceptors (Lipinski definition) is 8. The summed E-state index contributed by atoms with van der Waals surface area (Å²) in [5.41, 5.74) is 0. The molecule has 7 atom stereocenters. The van der Waals surface area contributed by atoms with Gasteiger partial charge in [0.05, 0.1) is 25.4 Å². The fourth-order valence-electron chi connectivity index (χ4n) is 8.40. The van der Waals surface area contributed by atoms with Crippen LogP contribution in [0.4, 0.5) is 0 Å². The van der Waals surface area contributed by atoms with E-state index in [-0.39, 0.29) is 12.5 Å². The SMILES string of the molecule is CCCCCCCCCCCCCCCCCCCCCC(=O)NC(COC1OC(CO)C(O)C(O)C1O)C(O)CCCCCCCCCCCCCCCCCC. The highest BCUT2D eigenvalue weighted by atomic mass is 16.7. The fourth-order valence-corrected chi connectivity index (χ4v) is 8.40. The van der Waals surface area contributed by atoms with Crippen molar-refractivity contribution in [3.05, 3.63) is 0 Å². The van der Waals surface area contributed by atoms with Gasteiger partial charge in [0.1, 0.15) is 24.4 Å². The van der Waals surface area contributed by atoms with Gasteiger partial charge in [0, 0.05) is 6.42 Å². The Kier molecular flexibility index (Phi) is 38.3. The zero-order valence-electron chi connectivity index (χ0n) is 38.1. The Morgan fingerprint density at radius 3 is 1.22 bits per heavy atom. The highest BCUT2D eigenvalue weighted by Gasteiger charge is 2.44. The van der Waals surface area contributed by atoms with Crippen LogP contribution >= 0.6 is 0 Å². The summed E-state index contributed by atoms with van der Waals surface area (Å²) < 4.78 is 11.3. The summed E-state index contributed by atoms with van der Waals surface area (Å²) in [5.74, 6) is -0.139. The van der Waals surface area contributed by atoms with Crippen LogP contribution in [0.15, 0.2) is 0 Å². The average molecular weight is 828 g/mol. The number of carbonyl (C=O) groups excluding carboxylic acids is 1. The predicted molar refractivity (Wildman–Crippen MR) is 240 cm³/mol. The van der Waals surface area contributed by atoms with Crippen molar-refractivity contribution in [2.24, 2.45) is 0 Å². The molecule has 1 aliphatic heterocycles. The van der Waals surface area contributed by atoms with E-state index in [4.69, 9.17) is 9.47 Å². The van der Waals surface area contributed by atoms with Crippen molar-refractivity contribution < 1.29 is 39.8 Å². The van der Waals surface area contributed by atoms with E-state index in [0.29, 0.717) is 12.8 Å². The van der Waals surface area contributed by atoms with Gasteiger partial charge in [-0.1, -0.05) is 232 Å². The van der Waals surface area contributed by atoms with Crippen LogP contribution in [0.25, 0.3) is 0 Å². The molecule has 1 fully saturated rings. The topological polar surface area (TPSA) is 149 Å². The molecule has 6 N–H and O–H groups in total. The summed E-state index contributed by atoms with van der Waals surface area (Å²) in [4.78, 5) is 13.0. The van der Waals surface area contributed by atoms with Crippen LogP contribution in [0.1, 0.15) is 251 Å². The molecule has 9 nitrogen and oxygen atoms in total. The lowest BCUT2D eigenvalue weighted by Crippen LogP contribution is -2.60. The van der Waals surface area contributed by atoms with Gasteiger partial charge < -0.3 is 40.3 Å². The molecular formula is C49H97NO8. The number of amides is 1. The molecule has 58 heavy (non-hydrogen) atoms. The number of ether oxygens (including phenoxy) is 2. The lowest BCUT2D eigenvalue weighted by Gasteiger charge is -2.40. The molecule has 7 unspecified atom stereocenters. The van der Waals surface area contributed by atoms with Crippen molar-refractivity contribution >= 4 is 5.91 Å². The Bertz CT molecular complexity index is 878. The van der Waals surface area contributed by atoms with Crippen molar-refractivity contribution in [2.45, 2.75) is 294 Å². The summed E-state index contributed by atoms with van der Waals surface area (Å²) in [6, 6.07) is -0.712. The van der Waals surface area contributed by atoms with Crippen LogP contribution in [0.2, 0.25) is 0 Å². The van der Waals surface area contributed by atoms with Gasteiger partial charge in [-0.15, -0.1) is 0 Å². The highest BCUT2D eigenvalue weighted by molar-refractivity contribution is 5.76. The van der Waals surface area contributed by atoms with Crippen molar-refractivity contribution in [2.75, 3.05) is 13.2 Å². The van der Waals surface area contributed by atoms with Crippen molar-refractivity contribution in [1.29, 1.82) is 0 Å². The lowest BCUT2D eigenvalue weighted by molar-refractivity contribution is -0.302. The Balaban J connectivity index is 2.26. The van der Waals surface area contributed by atoms with E-state index in [9.17, 15) is 30.3 Å². The number of rotatable bonds is 43. The molecule has 0 saturated carbocycles. The molecule has 0 aliphatic carbocycles. The third kappa shape index (κ3) is 30.3. The Morgan fingerprint density at radius 1 is 0.517 bits per heavy atom. The van der Waals surface area contributed by atoms with E-state index in [1.54, 1.807) is 0 Å². The number of aliphatic hydroxyl groups is 5. The normalized spacial score (nSPS) is 20.7. The summed E-state index contributed by atoms with van der Waals surface area (Å²) in [6.45, 7) is 3.86. The van der Waals surface area contributed by atoms with Gasteiger partial charge in [0.25, 0.3) is 0 Å². The van der Waals surface area contributed by atoms with Crippen LogP contribution in [0, 0.1) is 0 Å². The maximum atomic E-state index is 13.0. The summed E-state index contributed by atoms with van der Waals surface area (Å²) in [5, 5.41) is 54.5. The second-order valence-corrected chi connectivity index (χ2v) is 18.0. The minimum absolute atomic E-state index is 0.131. The van der Waals surface area contributed by atoms with Gasteiger partial charge in [0.15, 0.2) is 6.29 Å². The predicted octanol–water partition coefficient (Wildman–Crippen LogP) is 11.1.